The van der Waals surface area contributed by atoms with Gasteiger partial charge in [-0.1, -0.05) is 6.92 Å². The third-order valence-electron chi connectivity index (χ3n) is 0.461. The molecule has 0 unspecified atom stereocenters. The van der Waals surface area contributed by atoms with Gasteiger partial charge in [-0.3, -0.25) is 5.41 Å². The van der Waals surface area contributed by atoms with Crippen LogP contribution >= 0.6 is 23.5 Å². The van der Waals surface area contributed by atoms with Crippen LogP contribution in [0.25, 0.3) is 0 Å². The second-order valence-electron chi connectivity index (χ2n) is 0.925. The highest BCUT2D eigenvalue weighted by atomic mass is 32.2. The Morgan fingerprint density at radius 1 is 1.71 bits per heavy atom. The van der Waals surface area contributed by atoms with Crippen molar-refractivity contribution >= 4 is 27.9 Å². The van der Waals surface area contributed by atoms with Crippen LogP contribution in [0.1, 0.15) is 6.92 Å². The van der Waals surface area contributed by atoms with Gasteiger partial charge in [0.25, 0.3) is 0 Å². The van der Waals surface area contributed by atoms with E-state index in [2.05, 4.69) is 6.92 Å². The number of hydrogen-bond acceptors (Lipinski definition) is 3. The van der Waals surface area contributed by atoms with Crippen molar-refractivity contribution in [2.24, 2.45) is 0 Å². The molecule has 0 saturated carbocycles. The first-order valence-corrected chi connectivity index (χ1v) is 4.27. The Labute approximate surface area is 52.8 Å². The zero-order chi connectivity index (χ0) is 5.70. The number of thioether (sulfide) groups is 2. The lowest BCUT2D eigenvalue weighted by Gasteiger charge is -1.90. The molecule has 0 bridgehead atoms. The monoisotopic (exact) mass is 135 g/mol. The third kappa shape index (κ3) is 4.22. The molecule has 0 aromatic heterocycles. The molecular weight excluding hydrogens is 126 g/mol. The zero-order valence-electron chi connectivity index (χ0n) is 4.52. The van der Waals surface area contributed by atoms with Crippen molar-refractivity contribution in [1.29, 1.82) is 5.41 Å². The summed E-state index contributed by atoms with van der Waals surface area (Å²) in [5.74, 6) is 1.01. The lowest BCUT2D eigenvalue weighted by molar-refractivity contribution is 1.53. The SMILES string of the molecule is CCSC(=N)SC. The summed E-state index contributed by atoms with van der Waals surface area (Å²) in [6, 6.07) is 0. The maximum Gasteiger partial charge on any atom is 0.121 e. The Balaban J connectivity index is 3.00. The Hall–Kier alpha value is 0.370. The molecule has 0 spiro atoms. The molecule has 0 aliphatic heterocycles. The molecular formula is C4H9NS2. The van der Waals surface area contributed by atoms with Crippen molar-refractivity contribution in [3.63, 3.8) is 0 Å². The summed E-state index contributed by atoms with van der Waals surface area (Å²) in [5, 5.41) is 7.06. The molecule has 0 rings (SSSR count). The average Bonchev–Trinajstić information content (AvgIpc) is 1.68. The standard InChI is InChI=1S/C4H9NS2/c1-3-7-4(5)6-2/h5H,3H2,1-2H3. The van der Waals surface area contributed by atoms with E-state index in [4.69, 9.17) is 5.41 Å². The summed E-state index contributed by atoms with van der Waals surface area (Å²) >= 11 is 3.07. The van der Waals surface area contributed by atoms with Gasteiger partial charge in [0.15, 0.2) is 0 Å². The molecule has 0 fully saturated rings. The van der Waals surface area contributed by atoms with Gasteiger partial charge >= 0.3 is 0 Å². The van der Waals surface area contributed by atoms with E-state index in [0.717, 1.165) is 5.75 Å². The largest absolute Gasteiger partial charge is 0.288 e. The van der Waals surface area contributed by atoms with Gasteiger partial charge in [0.05, 0.1) is 0 Å². The molecule has 0 heterocycles. The van der Waals surface area contributed by atoms with Crippen LogP contribution in [0.4, 0.5) is 0 Å². The molecule has 0 saturated heterocycles. The van der Waals surface area contributed by atoms with Crippen molar-refractivity contribution < 1.29 is 0 Å². The molecule has 1 nitrogen and oxygen atoms in total. The van der Waals surface area contributed by atoms with Crippen LogP contribution in [-0.4, -0.2) is 16.4 Å². The Morgan fingerprint density at radius 2 is 2.29 bits per heavy atom. The van der Waals surface area contributed by atoms with Gasteiger partial charge in [0.1, 0.15) is 4.38 Å². The third-order valence-corrected chi connectivity index (χ3v) is 2.24. The van der Waals surface area contributed by atoms with Crippen molar-refractivity contribution in [3.8, 4) is 0 Å². The van der Waals surface area contributed by atoms with Gasteiger partial charge in [0.2, 0.25) is 0 Å². The maximum atomic E-state index is 7.06. The molecule has 0 aliphatic carbocycles. The molecule has 0 atom stereocenters. The minimum Gasteiger partial charge on any atom is -0.288 e. The first-order chi connectivity index (χ1) is 3.31. The highest BCUT2D eigenvalue weighted by Crippen LogP contribution is 2.10. The number of nitrogens with one attached hydrogen (secondary N) is 1. The molecule has 3 heteroatoms. The van der Waals surface area contributed by atoms with Gasteiger partial charge in [-0.05, 0) is 12.0 Å². The van der Waals surface area contributed by atoms with Gasteiger partial charge in [0, 0.05) is 0 Å². The normalized spacial score (nSPS) is 8.86. The predicted octanol–water partition coefficient (Wildman–Crippen LogP) is 2.04. The quantitative estimate of drug-likeness (QED) is 0.439. The number of rotatable bonds is 1. The van der Waals surface area contributed by atoms with E-state index < -0.39 is 0 Å². The molecule has 0 aliphatic rings. The van der Waals surface area contributed by atoms with E-state index in [9.17, 15) is 0 Å². The lowest BCUT2D eigenvalue weighted by atomic mass is 11.0. The van der Waals surface area contributed by atoms with Gasteiger partial charge < -0.3 is 0 Å². The van der Waals surface area contributed by atoms with Crippen molar-refractivity contribution in [3.05, 3.63) is 0 Å². The fourth-order valence-electron chi connectivity index (χ4n) is 0.190. The molecule has 1 N–H and O–H groups in total. The zero-order valence-corrected chi connectivity index (χ0v) is 6.16. The first-order valence-electron chi connectivity index (χ1n) is 2.06. The van der Waals surface area contributed by atoms with Crippen molar-refractivity contribution in [2.75, 3.05) is 12.0 Å². The lowest BCUT2D eigenvalue weighted by Crippen LogP contribution is -1.78. The summed E-state index contributed by atoms with van der Waals surface area (Å²) in [6.07, 6.45) is 1.92. The summed E-state index contributed by atoms with van der Waals surface area (Å²) in [5.41, 5.74) is 0. The smallest absolute Gasteiger partial charge is 0.121 e. The minimum atomic E-state index is 0.711. The van der Waals surface area contributed by atoms with E-state index in [1.165, 1.54) is 11.8 Å². The van der Waals surface area contributed by atoms with Crippen molar-refractivity contribution in [2.45, 2.75) is 6.92 Å². The highest BCUT2D eigenvalue weighted by molar-refractivity contribution is 8.38. The maximum absolute atomic E-state index is 7.06. The van der Waals surface area contributed by atoms with Crippen LogP contribution in [0, 0.1) is 5.41 Å². The fourth-order valence-corrected chi connectivity index (χ4v) is 1.28. The summed E-state index contributed by atoms with van der Waals surface area (Å²) in [6.45, 7) is 2.05. The van der Waals surface area contributed by atoms with Gasteiger partial charge in [-0.25, -0.2) is 0 Å². The highest BCUT2D eigenvalue weighted by Gasteiger charge is 1.87. The van der Waals surface area contributed by atoms with E-state index in [0.29, 0.717) is 4.38 Å². The van der Waals surface area contributed by atoms with Crippen LogP contribution in [0.5, 0.6) is 0 Å². The average molecular weight is 135 g/mol. The fraction of sp³-hybridized carbons (Fsp3) is 0.750. The van der Waals surface area contributed by atoms with Crippen LogP contribution in [0.3, 0.4) is 0 Å². The van der Waals surface area contributed by atoms with E-state index >= 15 is 0 Å². The van der Waals surface area contributed by atoms with E-state index in [1.54, 1.807) is 11.8 Å². The molecule has 42 valence electrons. The Kier molecular flexibility index (Phi) is 4.77. The van der Waals surface area contributed by atoms with Crippen LogP contribution in [0.15, 0.2) is 0 Å². The summed E-state index contributed by atoms with van der Waals surface area (Å²) in [4.78, 5) is 0. The van der Waals surface area contributed by atoms with E-state index in [-0.39, 0.29) is 0 Å². The molecule has 0 aromatic carbocycles. The Morgan fingerprint density at radius 3 is 2.43 bits per heavy atom. The van der Waals surface area contributed by atoms with Crippen molar-refractivity contribution in [1.82, 2.24) is 0 Å². The second-order valence-corrected chi connectivity index (χ2v) is 3.27. The van der Waals surface area contributed by atoms with E-state index in [1.807, 2.05) is 6.26 Å². The van der Waals surface area contributed by atoms with Gasteiger partial charge in [-0.2, -0.15) is 0 Å². The molecule has 7 heavy (non-hydrogen) atoms. The van der Waals surface area contributed by atoms with Gasteiger partial charge in [-0.15, -0.1) is 23.5 Å². The summed E-state index contributed by atoms with van der Waals surface area (Å²) < 4.78 is 0.711. The molecule has 0 amide bonds. The minimum absolute atomic E-state index is 0.711. The van der Waals surface area contributed by atoms with Crippen LogP contribution in [-0.2, 0) is 0 Å². The second kappa shape index (κ2) is 4.53. The molecule has 0 radical (unpaired) electrons. The predicted molar refractivity (Wildman–Crippen MR) is 39.4 cm³/mol. The topological polar surface area (TPSA) is 23.9 Å². The van der Waals surface area contributed by atoms with Crippen LogP contribution in [0.2, 0.25) is 0 Å². The summed E-state index contributed by atoms with van der Waals surface area (Å²) in [7, 11) is 0. The molecule has 0 aromatic rings. The van der Waals surface area contributed by atoms with Crippen LogP contribution < -0.4 is 0 Å². The first kappa shape index (κ1) is 7.37. The Bertz CT molecular complexity index is 62.7. The number of hydrogen-bond donors (Lipinski definition) is 1.